The molecule has 33 heavy (non-hydrogen) atoms. The molecule has 8 nitrogen and oxygen atoms in total. The fraction of sp³-hybridized carbons (Fsp3) is 0.0435. The molecule has 0 spiro atoms. The van der Waals surface area contributed by atoms with Gasteiger partial charge in [0.1, 0.15) is 5.57 Å². The lowest BCUT2D eigenvalue weighted by atomic mass is 10.1. The Balaban J connectivity index is 1.76. The third-order valence-corrected chi connectivity index (χ3v) is 5.69. The van der Waals surface area contributed by atoms with Crippen molar-refractivity contribution in [1.82, 2.24) is 5.32 Å². The summed E-state index contributed by atoms with van der Waals surface area (Å²) in [6, 6.07) is 12.0. The highest BCUT2D eigenvalue weighted by Crippen LogP contribution is 2.35. The lowest BCUT2D eigenvalue weighted by Crippen LogP contribution is -2.54. The van der Waals surface area contributed by atoms with E-state index in [1.54, 1.807) is 36.4 Å². The normalized spacial score (nSPS) is 15.1. The van der Waals surface area contributed by atoms with Crippen LogP contribution in [0.5, 0.6) is 5.75 Å². The molecule has 1 aliphatic heterocycles. The number of nitrogens with one attached hydrogen (secondary N) is 1. The van der Waals surface area contributed by atoms with Crippen molar-refractivity contribution in [1.29, 1.82) is 0 Å². The van der Waals surface area contributed by atoms with Crippen LogP contribution in [0.25, 0.3) is 6.08 Å². The van der Waals surface area contributed by atoms with E-state index in [4.69, 9.17) is 9.15 Å². The van der Waals surface area contributed by atoms with Crippen molar-refractivity contribution in [3.63, 3.8) is 0 Å². The van der Waals surface area contributed by atoms with Crippen LogP contribution in [-0.4, -0.2) is 23.8 Å². The van der Waals surface area contributed by atoms with Gasteiger partial charge in [-0.3, -0.25) is 14.9 Å². The van der Waals surface area contributed by atoms with E-state index >= 15 is 0 Å². The fourth-order valence-corrected chi connectivity index (χ4v) is 4.41. The van der Waals surface area contributed by atoms with Crippen LogP contribution in [0.4, 0.5) is 10.5 Å². The standard InChI is InChI=1S/C23H14Br2N2O6/c1-12-4-6-15(7-5-12)27-21(29)16(20(28)26-23(27)31)10-13-9-14(24)11-17(25)19(13)33-22(30)18-3-2-8-32-18/h2-11H,1H3,(H,26,28,31)/b16-10-. The molecule has 0 unspecified atom stereocenters. The van der Waals surface area contributed by atoms with E-state index < -0.39 is 23.8 Å². The molecule has 0 atom stereocenters. The van der Waals surface area contributed by atoms with Crippen molar-refractivity contribution in [2.45, 2.75) is 6.92 Å². The third kappa shape index (κ3) is 4.67. The molecule has 10 heteroatoms. The van der Waals surface area contributed by atoms with Crippen LogP contribution >= 0.6 is 31.9 Å². The Morgan fingerprint density at radius 1 is 1.09 bits per heavy atom. The number of amides is 4. The second kappa shape index (κ2) is 9.16. The minimum absolute atomic E-state index is 0.0222. The Kier molecular flexibility index (Phi) is 6.30. The SMILES string of the molecule is Cc1ccc(N2C(=O)NC(=O)/C(=C/c3cc(Br)cc(Br)c3OC(=O)c3ccco3)C2=O)cc1. The van der Waals surface area contributed by atoms with Crippen LogP contribution in [0, 0.1) is 6.92 Å². The number of barbiturate groups is 1. The second-order valence-corrected chi connectivity index (χ2v) is 8.74. The first-order valence-corrected chi connectivity index (χ1v) is 11.1. The number of carbonyl (C=O) groups is 4. The summed E-state index contributed by atoms with van der Waals surface area (Å²) in [6.07, 6.45) is 2.59. The zero-order chi connectivity index (χ0) is 23.7. The van der Waals surface area contributed by atoms with Gasteiger partial charge in [0.25, 0.3) is 11.8 Å². The van der Waals surface area contributed by atoms with Crippen LogP contribution in [0.15, 0.2) is 73.7 Å². The minimum atomic E-state index is -0.868. The van der Waals surface area contributed by atoms with Crippen LogP contribution in [-0.2, 0) is 9.59 Å². The van der Waals surface area contributed by atoms with Gasteiger partial charge in [-0.15, -0.1) is 0 Å². The average molecular weight is 574 g/mol. The van der Waals surface area contributed by atoms with Gasteiger partial charge < -0.3 is 9.15 Å². The Bertz CT molecular complexity index is 1310. The van der Waals surface area contributed by atoms with Crippen molar-refractivity contribution in [2.75, 3.05) is 4.90 Å². The predicted molar refractivity (Wildman–Crippen MR) is 126 cm³/mol. The highest BCUT2D eigenvalue weighted by atomic mass is 79.9. The summed E-state index contributed by atoms with van der Waals surface area (Å²) in [7, 11) is 0. The molecule has 166 valence electrons. The van der Waals surface area contributed by atoms with Gasteiger partial charge in [-0.2, -0.15) is 0 Å². The van der Waals surface area contributed by atoms with Gasteiger partial charge in [-0.1, -0.05) is 33.6 Å². The third-order valence-electron chi connectivity index (χ3n) is 4.65. The van der Waals surface area contributed by atoms with Crippen molar-refractivity contribution in [3.05, 3.63) is 86.2 Å². The number of benzene rings is 2. The van der Waals surface area contributed by atoms with Gasteiger partial charge in [-0.05, 0) is 65.3 Å². The zero-order valence-electron chi connectivity index (χ0n) is 16.9. The Hall–Kier alpha value is -3.50. The maximum Gasteiger partial charge on any atom is 0.379 e. The van der Waals surface area contributed by atoms with E-state index in [2.05, 4.69) is 37.2 Å². The molecule has 4 rings (SSSR count). The zero-order valence-corrected chi connectivity index (χ0v) is 20.1. The fourth-order valence-electron chi connectivity index (χ4n) is 3.07. The van der Waals surface area contributed by atoms with Crippen LogP contribution in [0.1, 0.15) is 21.7 Å². The second-order valence-electron chi connectivity index (χ2n) is 6.97. The van der Waals surface area contributed by atoms with Gasteiger partial charge in [0, 0.05) is 10.0 Å². The lowest BCUT2D eigenvalue weighted by molar-refractivity contribution is -0.122. The van der Waals surface area contributed by atoms with Crippen molar-refractivity contribution in [3.8, 4) is 5.75 Å². The van der Waals surface area contributed by atoms with Crippen LogP contribution in [0.3, 0.4) is 0 Å². The van der Waals surface area contributed by atoms with E-state index in [1.165, 1.54) is 24.5 Å². The van der Waals surface area contributed by atoms with Gasteiger partial charge in [-0.25, -0.2) is 14.5 Å². The number of carbonyl (C=O) groups excluding carboxylic acids is 4. The number of nitrogens with zero attached hydrogens (tertiary/aromatic N) is 1. The van der Waals surface area contributed by atoms with Gasteiger partial charge in [0.15, 0.2) is 5.75 Å². The average Bonchev–Trinajstić information content (AvgIpc) is 3.29. The summed E-state index contributed by atoms with van der Waals surface area (Å²) in [4.78, 5) is 51.4. The van der Waals surface area contributed by atoms with Gasteiger partial charge in [0.05, 0.1) is 16.4 Å². The molecule has 0 aliphatic carbocycles. The molecule has 3 aromatic rings. The van der Waals surface area contributed by atoms with Gasteiger partial charge in [0.2, 0.25) is 5.76 Å². The number of imide groups is 2. The highest BCUT2D eigenvalue weighted by Gasteiger charge is 2.37. The molecule has 2 heterocycles. The summed E-state index contributed by atoms with van der Waals surface area (Å²) >= 11 is 6.68. The smallest absolute Gasteiger partial charge is 0.379 e. The van der Waals surface area contributed by atoms with Crippen molar-refractivity contribution < 1.29 is 28.3 Å². The quantitative estimate of drug-likeness (QED) is 0.204. The number of hydrogen-bond acceptors (Lipinski definition) is 6. The first-order chi connectivity index (χ1) is 15.7. The monoisotopic (exact) mass is 572 g/mol. The van der Waals surface area contributed by atoms with Crippen LogP contribution in [0.2, 0.25) is 0 Å². The van der Waals surface area contributed by atoms with E-state index in [1.807, 2.05) is 6.92 Å². The Morgan fingerprint density at radius 3 is 2.48 bits per heavy atom. The number of hydrogen-bond donors (Lipinski definition) is 1. The predicted octanol–water partition coefficient (Wildman–Crippen LogP) is 5.00. The summed E-state index contributed by atoms with van der Waals surface area (Å²) in [5.74, 6) is -2.41. The number of furan rings is 1. The summed E-state index contributed by atoms with van der Waals surface area (Å²) in [5.41, 5.74) is 1.18. The molecule has 0 saturated carbocycles. The first kappa shape index (κ1) is 22.7. The van der Waals surface area contributed by atoms with E-state index in [9.17, 15) is 19.2 Å². The summed E-state index contributed by atoms with van der Waals surface area (Å²) in [5, 5.41) is 2.17. The van der Waals surface area contributed by atoms with Crippen LogP contribution < -0.4 is 15.0 Å². The molecular weight excluding hydrogens is 560 g/mol. The number of aryl methyl sites for hydroxylation is 1. The molecule has 0 bridgehead atoms. The Morgan fingerprint density at radius 2 is 1.82 bits per heavy atom. The van der Waals surface area contributed by atoms with E-state index in [-0.39, 0.29) is 22.6 Å². The molecule has 1 saturated heterocycles. The number of halogens is 2. The maximum atomic E-state index is 13.2. The summed E-state index contributed by atoms with van der Waals surface area (Å²) < 4.78 is 11.5. The summed E-state index contributed by atoms with van der Waals surface area (Å²) in [6.45, 7) is 1.87. The number of urea groups is 1. The van der Waals surface area contributed by atoms with Gasteiger partial charge >= 0.3 is 12.0 Å². The number of rotatable bonds is 4. The highest BCUT2D eigenvalue weighted by molar-refractivity contribution is 9.11. The molecule has 0 radical (unpaired) electrons. The first-order valence-electron chi connectivity index (χ1n) is 9.47. The molecular formula is C23H14Br2N2O6. The van der Waals surface area contributed by atoms with E-state index in [0.717, 1.165) is 10.5 Å². The maximum absolute atomic E-state index is 13.2. The molecule has 2 aromatic carbocycles. The topological polar surface area (TPSA) is 106 Å². The number of ether oxygens (including phenoxy) is 1. The van der Waals surface area contributed by atoms with E-state index in [0.29, 0.717) is 14.6 Å². The number of anilines is 1. The van der Waals surface area contributed by atoms with Crippen molar-refractivity contribution >= 4 is 67.4 Å². The molecule has 1 fully saturated rings. The van der Waals surface area contributed by atoms with Crippen molar-refractivity contribution in [2.24, 2.45) is 0 Å². The molecule has 1 aliphatic rings. The molecule has 1 aromatic heterocycles. The lowest BCUT2D eigenvalue weighted by Gasteiger charge is -2.26. The minimum Gasteiger partial charge on any atom is -0.457 e. The number of esters is 1. The molecule has 1 N–H and O–H groups in total. The largest absolute Gasteiger partial charge is 0.457 e. The molecule has 4 amide bonds. The Labute approximate surface area is 204 Å².